The third-order valence-corrected chi connectivity index (χ3v) is 10.3. The highest BCUT2D eigenvalue weighted by atomic mass is 28.4. The zero-order valence-electron chi connectivity index (χ0n) is 22.8. The van der Waals surface area contributed by atoms with E-state index in [-0.39, 0.29) is 6.04 Å². The van der Waals surface area contributed by atoms with Gasteiger partial charge in [-0.3, -0.25) is 0 Å². The number of quaternary nitrogens is 1. The first-order chi connectivity index (χ1) is 15.4. The molecule has 0 rings (SSSR count). The molecule has 0 aliphatic carbocycles. The van der Waals surface area contributed by atoms with Crippen molar-refractivity contribution in [3.8, 4) is 0 Å². The van der Waals surface area contributed by atoms with Crippen LogP contribution in [0.3, 0.4) is 0 Å². The minimum absolute atomic E-state index is 0.247. The maximum atomic E-state index is 6.39. The third-order valence-electron chi connectivity index (χ3n) is 7.00. The predicted molar refractivity (Wildman–Crippen MR) is 141 cm³/mol. The largest absolute Gasteiger partial charge is 0.783 e. The van der Waals surface area contributed by atoms with Crippen LogP contribution >= 0.6 is 0 Å². The Hall–Kier alpha value is 0.0169. The van der Waals surface area contributed by atoms with Crippen molar-refractivity contribution in [2.24, 2.45) is 5.73 Å². The number of unbranched alkanes of at least 4 members (excludes halogenated alkanes) is 15. The van der Waals surface area contributed by atoms with Crippen molar-refractivity contribution < 1.29 is 17.4 Å². The van der Waals surface area contributed by atoms with E-state index in [1.54, 1.807) is 21.3 Å². The van der Waals surface area contributed by atoms with Crippen LogP contribution in [-0.2, 0) is 13.3 Å². The molecular weight excluding hydrogens is 416 g/mol. The van der Waals surface area contributed by atoms with Gasteiger partial charge in [-0.2, -0.15) is 0 Å². The highest BCUT2D eigenvalue weighted by Crippen LogP contribution is 2.20. The highest BCUT2D eigenvalue weighted by Gasteiger charge is 2.59. The molecule has 0 aliphatic rings. The smallest absolute Gasteiger partial charge is 0.328 e. The van der Waals surface area contributed by atoms with Crippen molar-refractivity contribution in [3.63, 3.8) is 0 Å². The summed E-state index contributed by atoms with van der Waals surface area (Å²) < 4.78 is 17.6. The Bertz CT molecular complexity index is 398. The van der Waals surface area contributed by atoms with Crippen molar-refractivity contribution in [2.75, 3.05) is 42.0 Å². The van der Waals surface area contributed by atoms with Gasteiger partial charge in [-0.05, 0) is 6.42 Å². The third kappa shape index (κ3) is 14.3. The van der Waals surface area contributed by atoms with Crippen molar-refractivity contribution in [1.82, 2.24) is 0 Å². The number of hydrogen-bond donors (Lipinski definition) is 1. The Morgan fingerprint density at radius 3 is 1.28 bits per heavy atom. The molecule has 1 atom stereocenters. The van der Waals surface area contributed by atoms with Crippen LogP contribution in [0.4, 0.5) is 0 Å². The number of nitrogens with zero attached hydrogens (tertiary/aromatic N) is 1. The quantitative estimate of drug-likeness (QED) is 0.123. The molecule has 0 spiro atoms. The summed E-state index contributed by atoms with van der Waals surface area (Å²) >= 11 is 0. The molecule has 0 heterocycles. The van der Waals surface area contributed by atoms with Crippen molar-refractivity contribution in [2.45, 2.75) is 129 Å². The lowest BCUT2D eigenvalue weighted by atomic mass is 10.0. The van der Waals surface area contributed by atoms with E-state index in [0.717, 1.165) is 19.4 Å². The number of hydrogen-bond acceptors (Lipinski definition) is 4. The molecule has 2 N–H and O–H groups in total. The average Bonchev–Trinajstić information content (AvgIpc) is 2.79. The molecule has 0 saturated carbocycles. The fourth-order valence-electron chi connectivity index (χ4n) is 4.72. The molecule has 0 aromatic rings. The number of rotatable bonds is 24. The predicted octanol–water partition coefficient (Wildman–Crippen LogP) is 6.81. The SMILES string of the molecule is CCCCCCCCCCCCCCCCCCC(N)CC[N+](C)(C)[Si](OC)(OC)OC. The Morgan fingerprint density at radius 1 is 0.594 bits per heavy atom. The maximum absolute atomic E-state index is 6.39. The van der Waals surface area contributed by atoms with E-state index in [1.165, 1.54) is 103 Å². The summed E-state index contributed by atoms with van der Waals surface area (Å²) in [6.07, 6.45) is 24.6. The second-order valence-electron chi connectivity index (χ2n) is 10.2. The minimum atomic E-state index is -2.71. The van der Waals surface area contributed by atoms with Gasteiger partial charge < -0.3 is 23.2 Å². The van der Waals surface area contributed by atoms with E-state index >= 15 is 0 Å². The molecule has 5 nitrogen and oxygen atoms in total. The minimum Gasteiger partial charge on any atom is -0.328 e. The zero-order valence-corrected chi connectivity index (χ0v) is 23.8. The first kappa shape index (κ1) is 32.0. The summed E-state index contributed by atoms with van der Waals surface area (Å²) in [7, 11) is 6.55. The molecule has 0 aliphatic heterocycles. The lowest BCUT2D eigenvalue weighted by molar-refractivity contribution is -0.819. The fourth-order valence-corrected chi connectivity index (χ4v) is 7.10. The first-order valence-corrected chi connectivity index (χ1v) is 15.3. The van der Waals surface area contributed by atoms with Crippen LogP contribution in [0.2, 0.25) is 0 Å². The highest BCUT2D eigenvalue weighted by molar-refractivity contribution is 6.52. The normalized spacial score (nSPS) is 13.6. The van der Waals surface area contributed by atoms with Crippen LogP contribution in [0.15, 0.2) is 0 Å². The van der Waals surface area contributed by atoms with Crippen molar-refractivity contribution >= 4 is 8.97 Å². The monoisotopic (exact) mass is 475 g/mol. The molecule has 0 aromatic heterocycles. The summed E-state index contributed by atoms with van der Waals surface area (Å²) in [5, 5.41) is 0. The molecular formula is C26H59N2O3Si+. The summed E-state index contributed by atoms with van der Waals surface area (Å²) in [6.45, 7) is 3.19. The topological polar surface area (TPSA) is 53.7 Å². The lowest BCUT2D eigenvalue weighted by Gasteiger charge is -2.40. The van der Waals surface area contributed by atoms with Crippen LogP contribution in [0, 0.1) is 0 Å². The van der Waals surface area contributed by atoms with Gasteiger partial charge in [-0.1, -0.05) is 110 Å². The van der Waals surface area contributed by atoms with Crippen LogP contribution < -0.4 is 5.73 Å². The Labute approximate surface area is 202 Å². The van der Waals surface area contributed by atoms with E-state index < -0.39 is 8.97 Å². The van der Waals surface area contributed by atoms with Gasteiger partial charge in [0.05, 0.1) is 20.6 Å². The molecule has 32 heavy (non-hydrogen) atoms. The summed E-state index contributed by atoms with van der Waals surface area (Å²) in [4.78, 5) is 0. The van der Waals surface area contributed by atoms with E-state index in [9.17, 15) is 0 Å². The first-order valence-electron chi connectivity index (χ1n) is 13.6. The molecule has 6 heteroatoms. The molecule has 194 valence electrons. The molecule has 0 amide bonds. The number of nitrogens with two attached hydrogens (primary N) is 1. The lowest BCUT2D eigenvalue weighted by Crippen LogP contribution is -2.69. The van der Waals surface area contributed by atoms with E-state index in [0.29, 0.717) is 4.15 Å². The van der Waals surface area contributed by atoms with Gasteiger partial charge in [-0.15, -0.1) is 0 Å². The molecule has 1 unspecified atom stereocenters. The Balaban J connectivity index is 3.56. The van der Waals surface area contributed by atoms with E-state index in [4.69, 9.17) is 19.0 Å². The molecule has 0 saturated heterocycles. The van der Waals surface area contributed by atoms with E-state index in [2.05, 4.69) is 21.0 Å². The molecule has 0 radical (unpaired) electrons. The van der Waals surface area contributed by atoms with Crippen LogP contribution in [0.5, 0.6) is 0 Å². The van der Waals surface area contributed by atoms with Gasteiger partial charge in [-0.25, -0.2) is 0 Å². The summed E-state index contributed by atoms with van der Waals surface area (Å²) in [5.74, 6) is 0. The zero-order chi connectivity index (χ0) is 24.1. The van der Waals surface area contributed by atoms with Crippen molar-refractivity contribution in [3.05, 3.63) is 0 Å². The van der Waals surface area contributed by atoms with Crippen LogP contribution in [0.25, 0.3) is 0 Å². The maximum Gasteiger partial charge on any atom is 0.783 e. The molecule has 0 fully saturated rings. The van der Waals surface area contributed by atoms with Gasteiger partial charge in [0.25, 0.3) is 0 Å². The molecule has 0 aromatic carbocycles. The van der Waals surface area contributed by atoms with Gasteiger partial charge in [0.15, 0.2) is 0 Å². The average molecular weight is 476 g/mol. The van der Waals surface area contributed by atoms with Gasteiger partial charge in [0.2, 0.25) is 0 Å². The van der Waals surface area contributed by atoms with Gasteiger partial charge >= 0.3 is 8.97 Å². The van der Waals surface area contributed by atoms with Crippen LogP contribution in [-0.4, -0.2) is 61.1 Å². The van der Waals surface area contributed by atoms with Gasteiger partial charge in [0.1, 0.15) is 0 Å². The standard InChI is InChI=1S/C26H59N2O3Si/c1-7-8-9-10-11-12-13-14-15-16-17-18-19-20-21-22-23-26(27)24-25-28(2,3)32(29-4,30-5)31-6/h26H,7-25,27H2,1-6H3/q+1. The van der Waals surface area contributed by atoms with Gasteiger partial charge in [0, 0.05) is 33.8 Å². The van der Waals surface area contributed by atoms with Crippen molar-refractivity contribution in [1.29, 1.82) is 0 Å². The Morgan fingerprint density at radius 2 is 0.938 bits per heavy atom. The molecule has 0 bridgehead atoms. The second kappa shape index (κ2) is 20.4. The fraction of sp³-hybridized carbons (Fsp3) is 1.00. The van der Waals surface area contributed by atoms with Crippen LogP contribution in [0.1, 0.15) is 122 Å². The summed E-state index contributed by atoms with van der Waals surface area (Å²) in [6, 6.07) is 0.247. The second-order valence-corrected chi connectivity index (χ2v) is 13.7. The van der Waals surface area contributed by atoms with E-state index in [1.807, 2.05) is 0 Å². The summed E-state index contributed by atoms with van der Waals surface area (Å²) in [5.41, 5.74) is 6.39. The Kier molecular flexibility index (Phi) is 20.4.